The predicted molar refractivity (Wildman–Crippen MR) is 116 cm³/mol. The number of carbonyl (C=O) groups excluding carboxylic acids is 2. The maximum atomic E-state index is 12.6. The van der Waals surface area contributed by atoms with Crippen LogP contribution in [0.25, 0.3) is 0 Å². The fourth-order valence-electron chi connectivity index (χ4n) is 2.94. The molecule has 0 radical (unpaired) electrons. The highest BCUT2D eigenvalue weighted by Gasteiger charge is 2.25. The third-order valence-electron chi connectivity index (χ3n) is 4.42. The highest BCUT2D eigenvalue weighted by Crippen LogP contribution is 2.25. The Hall–Kier alpha value is -3.26. The molecular weight excluding hydrogens is 400 g/mol. The van der Waals surface area contributed by atoms with E-state index in [1.807, 2.05) is 32.9 Å². The SMILES string of the molecule is COC(=O)[C@H](Cc1ccc(OC(C)(C)C)cc1)NC(=O)[C@@H](N)Cc1ccc(O)c(O)c1. The molecule has 8 nitrogen and oxygen atoms in total. The standard InChI is InChI=1S/C23H30N2O6/c1-23(2,3)31-16-8-5-14(6-9-16)12-18(22(29)30-4)25-21(28)17(24)11-15-7-10-19(26)20(27)13-15/h5-10,13,17-18,26-27H,11-12,24H2,1-4H3,(H,25,28)/t17-,18-/m0/s1. The number of carbonyl (C=O) groups is 2. The van der Waals surface area contributed by atoms with Gasteiger partial charge in [-0.2, -0.15) is 0 Å². The van der Waals surface area contributed by atoms with Crippen molar-refractivity contribution in [2.45, 2.75) is 51.3 Å². The number of hydrogen-bond donors (Lipinski definition) is 4. The Bertz CT molecular complexity index is 905. The summed E-state index contributed by atoms with van der Waals surface area (Å²) in [4.78, 5) is 24.8. The molecule has 168 valence electrons. The van der Waals surface area contributed by atoms with Gasteiger partial charge in [0, 0.05) is 6.42 Å². The van der Waals surface area contributed by atoms with E-state index in [4.69, 9.17) is 15.2 Å². The highest BCUT2D eigenvalue weighted by atomic mass is 16.5. The van der Waals surface area contributed by atoms with E-state index in [0.29, 0.717) is 11.3 Å². The third kappa shape index (κ3) is 7.49. The lowest BCUT2D eigenvalue weighted by Gasteiger charge is -2.22. The lowest BCUT2D eigenvalue weighted by Crippen LogP contribution is -2.50. The second-order valence-corrected chi connectivity index (χ2v) is 8.28. The monoisotopic (exact) mass is 430 g/mol. The van der Waals surface area contributed by atoms with Crippen LogP contribution in [0.5, 0.6) is 17.2 Å². The minimum Gasteiger partial charge on any atom is -0.504 e. The molecule has 0 unspecified atom stereocenters. The minimum absolute atomic E-state index is 0.117. The van der Waals surface area contributed by atoms with Crippen LogP contribution in [0.4, 0.5) is 0 Å². The normalized spacial score (nSPS) is 13.2. The van der Waals surface area contributed by atoms with Crippen molar-refractivity contribution in [3.8, 4) is 17.2 Å². The highest BCUT2D eigenvalue weighted by molar-refractivity contribution is 5.87. The summed E-state index contributed by atoms with van der Waals surface area (Å²) < 4.78 is 10.6. The van der Waals surface area contributed by atoms with E-state index in [9.17, 15) is 19.8 Å². The average Bonchev–Trinajstić information content (AvgIpc) is 2.69. The number of benzene rings is 2. The average molecular weight is 431 g/mol. The van der Waals surface area contributed by atoms with E-state index < -0.39 is 24.0 Å². The molecule has 2 rings (SSSR count). The maximum absolute atomic E-state index is 12.6. The number of esters is 1. The van der Waals surface area contributed by atoms with Crippen molar-refractivity contribution in [3.05, 3.63) is 53.6 Å². The number of phenolic OH excluding ortho intramolecular Hbond substituents is 2. The first-order valence-electron chi connectivity index (χ1n) is 9.91. The van der Waals surface area contributed by atoms with E-state index >= 15 is 0 Å². The molecule has 0 aliphatic heterocycles. The van der Waals surface area contributed by atoms with Crippen LogP contribution in [0.2, 0.25) is 0 Å². The molecule has 0 aliphatic rings. The van der Waals surface area contributed by atoms with Crippen molar-refractivity contribution in [2.75, 3.05) is 7.11 Å². The number of nitrogens with two attached hydrogens (primary N) is 1. The molecular formula is C23H30N2O6. The zero-order valence-corrected chi connectivity index (χ0v) is 18.2. The van der Waals surface area contributed by atoms with Gasteiger partial charge < -0.3 is 30.7 Å². The first-order valence-corrected chi connectivity index (χ1v) is 9.91. The zero-order chi connectivity index (χ0) is 23.2. The van der Waals surface area contributed by atoms with Crippen molar-refractivity contribution in [1.29, 1.82) is 0 Å². The first-order chi connectivity index (χ1) is 14.5. The van der Waals surface area contributed by atoms with Gasteiger partial charge >= 0.3 is 5.97 Å². The van der Waals surface area contributed by atoms with Crippen LogP contribution in [0, 0.1) is 0 Å². The summed E-state index contributed by atoms with van der Waals surface area (Å²) in [5.41, 5.74) is 7.03. The first kappa shape index (κ1) is 24.0. The molecule has 0 spiro atoms. The largest absolute Gasteiger partial charge is 0.504 e. The topological polar surface area (TPSA) is 131 Å². The molecule has 0 aromatic heterocycles. The Morgan fingerprint density at radius 3 is 2.16 bits per heavy atom. The van der Waals surface area contributed by atoms with E-state index in [1.165, 1.54) is 19.2 Å². The Balaban J connectivity index is 2.04. The van der Waals surface area contributed by atoms with Crippen LogP contribution in [-0.4, -0.2) is 46.9 Å². The molecule has 1 amide bonds. The van der Waals surface area contributed by atoms with Crippen molar-refractivity contribution in [1.82, 2.24) is 5.32 Å². The maximum Gasteiger partial charge on any atom is 0.328 e. The lowest BCUT2D eigenvalue weighted by atomic mass is 10.0. The van der Waals surface area contributed by atoms with Gasteiger partial charge in [-0.15, -0.1) is 0 Å². The van der Waals surface area contributed by atoms with E-state index in [1.54, 1.807) is 18.2 Å². The number of aromatic hydroxyl groups is 2. The summed E-state index contributed by atoms with van der Waals surface area (Å²) >= 11 is 0. The third-order valence-corrected chi connectivity index (χ3v) is 4.42. The quantitative estimate of drug-likeness (QED) is 0.372. The second-order valence-electron chi connectivity index (χ2n) is 8.28. The molecule has 2 atom stereocenters. The molecule has 0 aliphatic carbocycles. The molecule has 2 aromatic rings. The molecule has 0 heterocycles. The summed E-state index contributed by atoms with van der Waals surface area (Å²) in [7, 11) is 1.25. The van der Waals surface area contributed by atoms with Gasteiger partial charge in [-0.3, -0.25) is 4.79 Å². The number of phenols is 2. The van der Waals surface area contributed by atoms with Gasteiger partial charge in [-0.1, -0.05) is 18.2 Å². The molecule has 0 fully saturated rings. The number of nitrogens with one attached hydrogen (secondary N) is 1. The van der Waals surface area contributed by atoms with Gasteiger partial charge in [-0.25, -0.2) is 4.79 Å². The van der Waals surface area contributed by atoms with Crippen LogP contribution in [0.3, 0.4) is 0 Å². The van der Waals surface area contributed by atoms with Crippen LogP contribution < -0.4 is 15.8 Å². The number of ether oxygens (including phenoxy) is 2. The Morgan fingerprint density at radius 2 is 1.61 bits per heavy atom. The number of rotatable bonds is 8. The fourth-order valence-corrected chi connectivity index (χ4v) is 2.94. The molecule has 0 saturated carbocycles. The molecule has 31 heavy (non-hydrogen) atoms. The Morgan fingerprint density at radius 1 is 1.00 bits per heavy atom. The zero-order valence-electron chi connectivity index (χ0n) is 18.2. The van der Waals surface area contributed by atoms with E-state index in [0.717, 1.165) is 5.56 Å². The summed E-state index contributed by atoms with van der Waals surface area (Å²) in [6.45, 7) is 5.85. The van der Waals surface area contributed by atoms with Crippen molar-refractivity contribution in [3.63, 3.8) is 0 Å². The van der Waals surface area contributed by atoms with Gasteiger partial charge in [-0.05, 0) is 62.6 Å². The summed E-state index contributed by atoms with van der Waals surface area (Å²) in [5, 5.41) is 21.6. The predicted octanol–water partition coefficient (Wildman–Crippen LogP) is 2.05. The Labute approximate surface area is 182 Å². The number of methoxy groups -OCH3 is 1. The summed E-state index contributed by atoms with van der Waals surface area (Å²) in [6, 6.07) is 9.59. The van der Waals surface area contributed by atoms with Crippen LogP contribution >= 0.6 is 0 Å². The molecule has 2 aromatic carbocycles. The summed E-state index contributed by atoms with van der Waals surface area (Å²) in [6.07, 6.45) is 0.341. The van der Waals surface area contributed by atoms with Crippen molar-refractivity contribution in [2.24, 2.45) is 5.73 Å². The summed E-state index contributed by atoms with van der Waals surface area (Å²) in [5.74, 6) is -0.967. The molecule has 0 bridgehead atoms. The van der Waals surface area contributed by atoms with Gasteiger partial charge in [0.25, 0.3) is 0 Å². The van der Waals surface area contributed by atoms with Crippen LogP contribution in [0.15, 0.2) is 42.5 Å². The number of hydrogen-bond acceptors (Lipinski definition) is 7. The van der Waals surface area contributed by atoms with Gasteiger partial charge in [0.1, 0.15) is 17.4 Å². The van der Waals surface area contributed by atoms with Gasteiger partial charge in [0.15, 0.2) is 11.5 Å². The molecule has 8 heteroatoms. The number of amides is 1. The van der Waals surface area contributed by atoms with Gasteiger partial charge in [0.05, 0.1) is 13.2 Å². The molecule has 5 N–H and O–H groups in total. The van der Waals surface area contributed by atoms with Crippen LogP contribution in [-0.2, 0) is 27.2 Å². The van der Waals surface area contributed by atoms with E-state index in [-0.39, 0.29) is 29.9 Å². The second kappa shape index (κ2) is 10.2. The smallest absolute Gasteiger partial charge is 0.328 e. The lowest BCUT2D eigenvalue weighted by molar-refractivity contribution is -0.145. The molecule has 0 saturated heterocycles. The van der Waals surface area contributed by atoms with Crippen LogP contribution in [0.1, 0.15) is 31.9 Å². The Kier molecular flexibility index (Phi) is 7.88. The fraction of sp³-hybridized carbons (Fsp3) is 0.391. The van der Waals surface area contributed by atoms with Gasteiger partial charge in [0.2, 0.25) is 5.91 Å². The van der Waals surface area contributed by atoms with Crippen molar-refractivity contribution < 1.29 is 29.3 Å². The minimum atomic E-state index is -0.960. The van der Waals surface area contributed by atoms with E-state index in [2.05, 4.69) is 5.32 Å². The van der Waals surface area contributed by atoms with Crippen molar-refractivity contribution >= 4 is 11.9 Å².